The maximum Gasteiger partial charge on any atom is 0.165 e. The van der Waals surface area contributed by atoms with E-state index in [1.807, 2.05) is 34.9 Å². The van der Waals surface area contributed by atoms with E-state index in [9.17, 15) is 4.39 Å². The number of rotatable bonds is 3. The van der Waals surface area contributed by atoms with Gasteiger partial charge in [-0.05, 0) is 29.8 Å². The van der Waals surface area contributed by atoms with Crippen molar-refractivity contribution in [2.24, 2.45) is 0 Å². The Morgan fingerprint density at radius 2 is 1.71 bits per heavy atom. The highest BCUT2D eigenvalue weighted by molar-refractivity contribution is 6.33. The van der Waals surface area contributed by atoms with Crippen LogP contribution in [0, 0.1) is 5.82 Å². The van der Waals surface area contributed by atoms with Crippen molar-refractivity contribution in [3.8, 4) is 11.4 Å². The third-order valence-electron chi connectivity index (χ3n) is 3.72. The van der Waals surface area contributed by atoms with Crippen molar-refractivity contribution in [1.29, 1.82) is 0 Å². The summed E-state index contributed by atoms with van der Waals surface area (Å²) in [6, 6.07) is 16.0. The van der Waals surface area contributed by atoms with Gasteiger partial charge in [0, 0.05) is 5.56 Å². The minimum atomic E-state index is -0.306. The van der Waals surface area contributed by atoms with E-state index < -0.39 is 0 Å². The molecule has 0 amide bonds. The Morgan fingerprint density at radius 3 is 2.46 bits per heavy atom. The van der Waals surface area contributed by atoms with Crippen molar-refractivity contribution in [3.63, 3.8) is 0 Å². The van der Waals surface area contributed by atoms with E-state index in [4.69, 9.17) is 11.6 Å². The van der Waals surface area contributed by atoms with Crippen LogP contribution in [-0.2, 0) is 6.54 Å². The Bertz CT molecular complexity index is 997. The van der Waals surface area contributed by atoms with Gasteiger partial charge in [0.25, 0.3) is 0 Å². The third-order valence-corrected chi connectivity index (χ3v) is 3.98. The SMILES string of the molecule is Fc1ccc(-c2nc(Cl)c3ncn(Cc4ccccc4)c3n2)cc1. The third kappa shape index (κ3) is 2.74. The van der Waals surface area contributed by atoms with Crippen LogP contribution in [0.2, 0.25) is 5.15 Å². The summed E-state index contributed by atoms with van der Waals surface area (Å²) in [4.78, 5) is 13.2. The summed E-state index contributed by atoms with van der Waals surface area (Å²) >= 11 is 6.26. The van der Waals surface area contributed by atoms with Gasteiger partial charge >= 0.3 is 0 Å². The summed E-state index contributed by atoms with van der Waals surface area (Å²) in [6.45, 7) is 0.632. The molecule has 0 saturated heterocycles. The van der Waals surface area contributed by atoms with E-state index >= 15 is 0 Å². The van der Waals surface area contributed by atoms with Gasteiger partial charge in [-0.1, -0.05) is 41.9 Å². The molecule has 0 N–H and O–H groups in total. The first-order valence-electron chi connectivity index (χ1n) is 7.39. The van der Waals surface area contributed by atoms with Crippen LogP contribution in [0.3, 0.4) is 0 Å². The molecule has 0 unspecified atom stereocenters. The lowest BCUT2D eigenvalue weighted by Gasteiger charge is -2.06. The van der Waals surface area contributed by atoms with Crippen molar-refractivity contribution in [2.45, 2.75) is 6.54 Å². The maximum atomic E-state index is 13.1. The topological polar surface area (TPSA) is 43.6 Å². The van der Waals surface area contributed by atoms with Gasteiger partial charge in [-0.25, -0.2) is 19.3 Å². The number of hydrogen-bond donors (Lipinski definition) is 0. The average Bonchev–Trinajstić information content (AvgIpc) is 3.00. The summed E-state index contributed by atoms with van der Waals surface area (Å²) in [7, 11) is 0. The van der Waals surface area contributed by atoms with Gasteiger partial charge < -0.3 is 4.57 Å². The molecule has 0 radical (unpaired) electrons. The molecule has 0 spiro atoms. The number of aromatic nitrogens is 4. The zero-order chi connectivity index (χ0) is 16.5. The van der Waals surface area contributed by atoms with Gasteiger partial charge in [-0.15, -0.1) is 0 Å². The van der Waals surface area contributed by atoms with Crippen LogP contribution in [0.1, 0.15) is 5.56 Å². The molecule has 2 heterocycles. The van der Waals surface area contributed by atoms with Crippen LogP contribution in [0.15, 0.2) is 60.9 Å². The first-order chi connectivity index (χ1) is 11.7. The van der Waals surface area contributed by atoms with Crippen molar-refractivity contribution in [1.82, 2.24) is 19.5 Å². The number of halogens is 2. The molecule has 0 aliphatic carbocycles. The summed E-state index contributed by atoms with van der Waals surface area (Å²) in [5.41, 5.74) is 3.04. The van der Waals surface area contributed by atoms with E-state index in [1.165, 1.54) is 12.1 Å². The molecule has 0 bridgehead atoms. The molecule has 2 aromatic carbocycles. The Labute approximate surface area is 142 Å². The lowest BCUT2D eigenvalue weighted by atomic mass is 10.2. The molecule has 2 aromatic heterocycles. The van der Waals surface area contributed by atoms with Crippen LogP contribution in [-0.4, -0.2) is 19.5 Å². The van der Waals surface area contributed by atoms with E-state index in [0.29, 0.717) is 29.1 Å². The molecular formula is C18H12ClFN4. The largest absolute Gasteiger partial charge is 0.311 e. The molecule has 0 atom stereocenters. The number of imidazole rings is 1. The molecule has 4 rings (SSSR count). The fourth-order valence-electron chi connectivity index (χ4n) is 2.53. The van der Waals surface area contributed by atoms with Crippen molar-refractivity contribution >= 4 is 22.8 Å². The van der Waals surface area contributed by atoms with Crippen LogP contribution in [0.5, 0.6) is 0 Å². The second-order valence-electron chi connectivity index (χ2n) is 5.38. The fraction of sp³-hybridized carbons (Fsp3) is 0.0556. The molecule has 0 aliphatic rings. The summed E-state index contributed by atoms with van der Waals surface area (Å²) in [5.74, 6) is 0.141. The molecule has 6 heteroatoms. The summed E-state index contributed by atoms with van der Waals surface area (Å²) in [5, 5.41) is 0.283. The minimum Gasteiger partial charge on any atom is -0.311 e. The number of hydrogen-bond acceptors (Lipinski definition) is 3. The molecule has 4 aromatic rings. The predicted octanol–water partition coefficient (Wildman–Crippen LogP) is 4.33. The number of nitrogens with zero attached hydrogens (tertiary/aromatic N) is 4. The van der Waals surface area contributed by atoms with Crippen LogP contribution in [0.25, 0.3) is 22.6 Å². The molecule has 118 valence electrons. The van der Waals surface area contributed by atoms with Crippen LogP contribution < -0.4 is 0 Å². The van der Waals surface area contributed by atoms with Gasteiger partial charge in [0.2, 0.25) is 0 Å². The highest BCUT2D eigenvalue weighted by atomic mass is 35.5. The van der Waals surface area contributed by atoms with Gasteiger partial charge in [0.15, 0.2) is 16.6 Å². The minimum absolute atomic E-state index is 0.283. The zero-order valence-corrected chi connectivity index (χ0v) is 13.3. The number of fused-ring (bicyclic) bond motifs is 1. The first-order valence-corrected chi connectivity index (χ1v) is 7.77. The number of benzene rings is 2. The van der Waals surface area contributed by atoms with Gasteiger partial charge in [-0.2, -0.15) is 0 Å². The lowest BCUT2D eigenvalue weighted by molar-refractivity contribution is 0.628. The van der Waals surface area contributed by atoms with E-state index in [2.05, 4.69) is 15.0 Å². The van der Waals surface area contributed by atoms with Crippen molar-refractivity contribution in [2.75, 3.05) is 0 Å². The lowest BCUT2D eigenvalue weighted by Crippen LogP contribution is -2.01. The Hall–Kier alpha value is -2.79. The molecular weight excluding hydrogens is 327 g/mol. The molecule has 0 fully saturated rings. The fourth-order valence-corrected chi connectivity index (χ4v) is 2.75. The molecule has 0 saturated carbocycles. The maximum absolute atomic E-state index is 13.1. The first kappa shape index (κ1) is 14.8. The molecule has 0 aliphatic heterocycles. The van der Waals surface area contributed by atoms with Crippen LogP contribution in [0.4, 0.5) is 4.39 Å². The van der Waals surface area contributed by atoms with Gasteiger partial charge in [-0.3, -0.25) is 0 Å². The van der Waals surface area contributed by atoms with Gasteiger partial charge in [0.1, 0.15) is 11.3 Å². The summed E-state index contributed by atoms with van der Waals surface area (Å²) in [6.07, 6.45) is 1.70. The zero-order valence-electron chi connectivity index (χ0n) is 12.5. The van der Waals surface area contributed by atoms with E-state index in [1.54, 1.807) is 18.5 Å². The highest BCUT2D eigenvalue weighted by Crippen LogP contribution is 2.24. The molecule has 24 heavy (non-hydrogen) atoms. The standard InChI is InChI=1S/C18H12ClFN4/c19-16-15-18(23-17(22-16)13-6-8-14(20)9-7-13)24(11-21-15)10-12-4-2-1-3-5-12/h1-9,11H,10H2. The van der Waals surface area contributed by atoms with Gasteiger partial charge in [0.05, 0.1) is 12.9 Å². The van der Waals surface area contributed by atoms with Crippen molar-refractivity contribution < 1.29 is 4.39 Å². The van der Waals surface area contributed by atoms with Crippen molar-refractivity contribution in [3.05, 3.63) is 77.5 Å². The normalized spacial score (nSPS) is 11.1. The predicted molar refractivity (Wildman–Crippen MR) is 91.3 cm³/mol. The second kappa shape index (κ2) is 6.02. The smallest absolute Gasteiger partial charge is 0.165 e. The highest BCUT2D eigenvalue weighted by Gasteiger charge is 2.13. The quantitative estimate of drug-likeness (QED) is 0.522. The average molecular weight is 339 g/mol. The van der Waals surface area contributed by atoms with E-state index in [0.717, 1.165) is 5.56 Å². The Morgan fingerprint density at radius 1 is 0.958 bits per heavy atom. The van der Waals surface area contributed by atoms with E-state index in [-0.39, 0.29) is 11.0 Å². The monoisotopic (exact) mass is 338 g/mol. The van der Waals surface area contributed by atoms with Crippen LogP contribution >= 0.6 is 11.6 Å². The molecule has 4 nitrogen and oxygen atoms in total. The Kier molecular flexibility index (Phi) is 3.70. The second-order valence-corrected chi connectivity index (χ2v) is 5.73. The summed E-state index contributed by atoms with van der Waals surface area (Å²) < 4.78 is 15.0. The Balaban J connectivity index is 1.81.